The van der Waals surface area contributed by atoms with E-state index in [1.54, 1.807) is 17.2 Å². The molecule has 0 radical (unpaired) electrons. The first-order valence-corrected chi connectivity index (χ1v) is 8.09. The lowest BCUT2D eigenvalue weighted by Gasteiger charge is -2.24. The van der Waals surface area contributed by atoms with Gasteiger partial charge in [-0.15, -0.1) is 0 Å². The Labute approximate surface area is 143 Å². The molecular formula is C19H25N3O2. The molecule has 1 amide bonds. The minimum atomic E-state index is -0.705. The molecule has 2 rings (SSSR count). The molecular weight excluding hydrogens is 302 g/mol. The van der Waals surface area contributed by atoms with Gasteiger partial charge in [-0.05, 0) is 31.5 Å². The predicted molar refractivity (Wildman–Crippen MR) is 96.3 cm³/mol. The van der Waals surface area contributed by atoms with Crippen LogP contribution < -0.4 is 4.90 Å². The SMILES string of the molecule is CCN(CC(O)c1ccc(C)cc1)C(=O)c1ccc(N(C)C)nc1. The zero-order valence-electron chi connectivity index (χ0n) is 14.7. The van der Waals surface area contributed by atoms with Crippen molar-refractivity contribution in [2.75, 3.05) is 32.1 Å². The molecule has 1 heterocycles. The number of amides is 1. The van der Waals surface area contributed by atoms with Crippen molar-refractivity contribution in [2.24, 2.45) is 0 Å². The molecule has 2 aromatic rings. The number of carbonyl (C=O) groups is 1. The van der Waals surface area contributed by atoms with Gasteiger partial charge in [0.05, 0.1) is 18.2 Å². The summed E-state index contributed by atoms with van der Waals surface area (Å²) in [5.41, 5.74) is 2.48. The number of pyridine rings is 1. The summed E-state index contributed by atoms with van der Waals surface area (Å²) in [5, 5.41) is 10.4. The minimum absolute atomic E-state index is 0.124. The summed E-state index contributed by atoms with van der Waals surface area (Å²) >= 11 is 0. The van der Waals surface area contributed by atoms with Gasteiger partial charge in [-0.1, -0.05) is 29.8 Å². The number of aliphatic hydroxyl groups is 1. The predicted octanol–water partition coefficient (Wildman–Crippen LogP) is 2.65. The van der Waals surface area contributed by atoms with Crippen molar-refractivity contribution in [1.82, 2.24) is 9.88 Å². The number of carbonyl (C=O) groups excluding carboxylic acids is 1. The zero-order valence-corrected chi connectivity index (χ0v) is 14.7. The fourth-order valence-electron chi connectivity index (χ4n) is 2.42. The van der Waals surface area contributed by atoms with Crippen LogP contribution in [-0.2, 0) is 0 Å². The molecule has 5 heteroatoms. The monoisotopic (exact) mass is 327 g/mol. The highest BCUT2D eigenvalue weighted by Crippen LogP contribution is 2.17. The van der Waals surface area contributed by atoms with E-state index in [1.165, 1.54) is 0 Å². The summed E-state index contributed by atoms with van der Waals surface area (Å²) in [7, 11) is 3.81. The number of anilines is 1. The molecule has 128 valence electrons. The summed E-state index contributed by atoms with van der Waals surface area (Å²) in [6, 6.07) is 11.3. The van der Waals surface area contributed by atoms with Gasteiger partial charge in [0.15, 0.2) is 0 Å². The Balaban J connectivity index is 2.09. The number of aliphatic hydroxyl groups excluding tert-OH is 1. The first kappa shape index (κ1) is 17.9. The molecule has 0 fully saturated rings. The summed E-state index contributed by atoms with van der Waals surface area (Å²) in [6.07, 6.45) is 0.877. The number of rotatable bonds is 6. The first-order valence-electron chi connectivity index (χ1n) is 8.09. The molecule has 0 aliphatic rings. The fourth-order valence-corrected chi connectivity index (χ4v) is 2.42. The molecule has 1 N–H and O–H groups in total. The standard InChI is InChI=1S/C19H25N3O2/c1-5-22(13-17(23)15-8-6-14(2)7-9-15)19(24)16-10-11-18(20-12-16)21(3)4/h6-12,17,23H,5,13H2,1-4H3. The highest BCUT2D eigenvalue weighted by atomic mass is 16.3. The van der Waals surface area contributed by atoms with E-state index in [0.717, 1.165) is 16.9 Å². The number of likely N-dealkylation sites (N-methyl/N-ethyl adjacent to an activating group) is 1. The van der Waals surface area contributed by atoms with Gasteiger partial charge in [0.25, 0.3) is 5.91 Å². The normalized spacial score (nSPS) is 11.9. The fraction of sp³-hybridized carbons (Fsp3) is 0.368. The lowest BCUT2D eigenvalue weighted by Crippen LogP contribution is -2.34. The van der Waals surface area contributed by atoms with Crippen LogP contribution in [0.4, 0.5) is 5.82 Å². The van der Waals surface area contributed by atoms with Gasteiger partial charge in [0.1, 0.15) is 5.82 Å². The highest BCUT2D eigenvalue weighted by Gasteiger charge is 2.19. The Morgan fingerprint density at radius 2 is 1.83 bits per heavy atom. The smallest absolute Gasteiger partial charge is 0.255 e. The number of aryl methyl sites for hydroxylation is 1. The third-order valence-corrected chi connectivity index (χ3v) is 3.98. The van der Waals surface area contributed by atoms with Crippen LogP contribution in [0, 0.1) is 6.92 Å². The Morgan fingerprint density at radius 3 is 2.33 bits per heavy atom. The molecule has 1 aromatic heterocycles. The van der Waals surface area contributed by atoms with E-state index in [9.17, 15) is 9.90 Å². The maximum atomic E-state index is 12.6. The highest BCUT2D eigenvalue weighted by molar-refractivity contribution is 5.94. The molecule has 1 aromatic carbocycles. The number of nitrogens with zero attached hydrogens (tertiary/aromatic N) is 3. The van der Waals surface area contributed by atoms with E-state index in [0.29, 0.717) is 12.1 Å². The number of hydrogen-bond acceptors (Lipinski definition) is 4. The summed E-state index contributed by atoms with van der Waals surface area (Å²) in [5.74, 6) is 0.677. The van der Waals surface area contributed by atoms with Crippen LogP contribution in [0.15, 0.2) is 42.6 Å². The molecule has 5 nitrogen and oxygen atoms in total. The van der Waals surface area contributed by atoms with Crippen molar-refractivity contribution < 1.29 is 9.90 Å². The largest absolute Gasteiger partial charge is 0.387 e. The van der Waals surface area contributed by atoms with Gasteiger partial charge < -0.3 is 14.9 Å². The Hall–Kier alpha value is -2.40. The number of benzene rings is 1. The topological polar surface area (TPSA) is 56.7 Å². The third-order valence-electron chi connectivity index (χ3n) is 3.98. The summed E-state index contributed by atoms with van der Waals surface area (Å²) in [6.45, 7) is 4.69. The van der Waals surface area contributed by atoms with Gasteiger partial charge in [-0.25, -0.2) is 4.98 Å². The Bertz CT molecular complexity index is 666. The van der Waals surface area contributed by atoms with E-state index in [1.807, 2.05) is 63.2 Å². The molecule has 0 aliphatic carbocycles. The third kappa shape index (κ3) is 4.32. The van der Waals surface area contributed by atoms with Gasteiger partial charge in [0, 0.05) is 26.8 Å². The van der Waals surface area contributed by atoms with E-state index in [2.05, 4.69) is 4.98 Å². The lowest BCUT2D eigenvalue weighted by molar-refractivity contribution is 0.0634. The van der Waals surface area contributed by atoms with Crippen LogP contribution in [0.1, 0.15) is 34.5 Å². The van der Waals surface area contributed by atoms with Crippen molar-refractivity contribution in [3.8, 4) is 0 Å². The molecule has 24 heavy (non-hydrogen) atoms. The van der Waals surface area contributed by atoms with E-state index in [-0.39, 0.29) is 12.5 Å². The molecule has 0 aliphatic heterocycles. The van der Waals surface area contributed by atoms with Crippen LogP contribution in [0.5, 0.6) is 0 Å². The minimum Gasteiger partial charge on any atom is -0.387 e. The lowest BCUT2D eigenvalue weighted by atomic mass is 10.1. The van der Waals surface area contributed by atoms with E-state index in [4.69, 9.17) is 0 Å². The van der Waals surface area contributed by atoms with Gasteiger partial charge >= 0.3 is 0 Å². The second-order valence-electron chi connectivity index (χ2n) is 6.07. The molecule has 1 atom stereocenters. The van der Waals surface area contributed by atoms with Crippen molar-refractivity contribution in [1.29, 1.82) is 0 Å². The summed E-state index contributed by atoms with van der Waals surface area (Å²) in [4.78, 5) is 20.4. The molecule has 0 spiro atoms. The Kier molecular flexibility index (Phi) is 5.93. The van der Waals surface area contributed by atoms with Crippen molar-refractivity contribution in [2.45, 2.75) is 20.0 Å². The van der Waals surface area contributed by atoms with E-state index < -0.39 is 6.10 Å². The van der Waals surface area contributed by atoms with Crippen molar-refractivity contribution in [3.63, 3.8) is 0 Å². The quantitative estimate of drug-likeness (QED) is 0.886. The molecule has 0 saturated heterocycles. The molecule has 0 bridgehead atoms. The van der Waals surface area contributed by atoms with E-state index >= 15 is 0 Å². The first-order chi connectivity index (χ1) is 11.4. The van der Waals surface area contributed by atoms with Gasteiger partial charge in [0.2, 0.25) is 0 Å². The second kappa shape index (κ2) is 7.93. The van der Waals surface area contributed by atoms with Gasteiger partial charge in [-0.2, -0.15) is 0 Å². The average Bonchev–Trinajstić information content (AvgIpc) is 2.59. The van der Waals surface area contributed by atoms with Crippen LogP contribution >= 0.6 is 0 Å². The number of hydrogen-bond donors (Lipinski definition) is 1. The summed E-state index contributed by atoms with van der Waals surface area (Å²) < 4.78 is 0. The molecule has 1 unspecified atom stereocenters. The molecule has 0 saturated carbocycles. The zero-order chi connectivity index (χ0) is 17.7. The maximum Gasteiger partial charge on any atom is 0.255 e. The number of aromatic nitrogens is 1. The van der Waals surface area contributed by atoms with Crippen LogP contribution in [-0.4, -0.2) is 48.1 Å². The van der Waals surface area contributed by atoms with Gasteiger partial charge in [-0.3, -0.25) is 4.79 Å². The average molecular weight is 327 g/mol. The van der Waals surface area contributed by atoms with Crippen LogP contribution in [0.25, 0.3) is 0 Å². The van der Waals surface area contributed by atoms with Crippen LogP contribution in [0.2, 0.25) is 0 Å². The van der Waals surface area contributed by atoms with Crippen molar-refractivity contribution in [3.05, 3.63) is 59.3 Å². The van der Waals surface area contributed by atoms with Crippen molar-refractivity contribution >= 4 is 11.7 Å². The maximum absolute atomic E-state index is 12.6. The second-order valence-corrected chi connectivity index (χ2v) is 6.07. The Morgan fingerprint density at radius 1 is 1.17 bits per heavy atom. The van der Waals surface area contributed by atoms with Crippen LogP contribution in [0.3, 0.4) is 0 Å².